The summed E-state index contributed by atoms with van der Waals surface area (Å²) in [5.74, 6) is 0. The lowest BCUT2D eigenvalue weighted by atomic mass is 10.2. The molecule has 2 rings (SSSR count). The number of halogens is 1. The van der Waals surface area contributed by atoms with Gasteiger partial charge >= 0.3 is 0 Å². The predicted molar refractivity (Wildman–Crippen MR) is 64.0 cm³/mol. The zero-order valence-corrected chi connectivity index (χ0v) is 10.8. The van der Waals surface area contributed by atoms with E-state index in [1.54, 1.807) is 10.7 Å². The van der Waals surface area contributed by atoms with Crippen LogP contribution in [0.3, 0.4) is 0 Å². The molecule has 2 aromatic rings. The normalized spacial score (nSPS) is 10.1. The van der Waals surface area contributed by atoms with Crippen LogP contribution in [0.25, 0.3) is 0 Å². The molecule has 0 saturated heterocycles. The fourth-order valence-corrected chi connectivity index (χ4v) is 2.68. The molecule has 0 N–H and O–H groups in total. The topological polar surface area (TPSA) is 54.5 Å². The number of hydrogen-bond donors (Lipinski definition) is 0. The molecule has 80 valence electrons. The second kappa shape index (κ2) is 4.68. The van der Waals surface area contributed by atoms with Crippen molar-refractivity contribution in [2.24, 2.45) is 7.05 Å². The van der Waals surface area contributed by atoms with Gasteiger partial charge < -0.3 is 0 Å². The highest BCUT2D eigenvalue weighted by Crippen LogP contribution is 2.28. The van der Waals surface area contributed by atoms with Crippen molar-refractivity contribution in [3.8, 4) is 6.07 Å². The summed E-state index contributed by atoms with van der Waals surface area (Å²) in [6.45, 7) is 0. The lowest BCUT2D eigenvalue weighted by Gasteiger charge is -2.01. The van der Waals surface area contributed by atoms with Gasteiger partial charge in [-0.05, 0) is 18.2 Å². The minimum Gasteiger partial charge on any atom is -0.244 e. The molecule has 1 aromatic carbocycles. The lowest BCUT2D eigenvalue weighted by molar-refractivity contribution is 0.685. The number of nitrogens with zero attached hydrogens (tertiary/aromatic N) is 4. The van der Waals surface area contributed by atoms with Gasteiger partial charge in [0.1, 0.15) is 6.33 Å². The van der Waals surface area contributed by atoms with E-state index in [2.05, 4.69) is 32.1 Å². The van der Waals surface area contributed by atoms with Crippen LogP contribution in [0, 0.1) is 11.3 Å². The minimum atomic E-state index is 0.624. The minimum absolute atomic E-state index is 0.624. The second-order valence-electron chi connectivity index (χ2n) is 3.06. The van der Waals surface area contributed by atoms with E-state index in [4.69, 9.17) is 5.26 Å². The van der Waals surface area contributed by atoms with Gasteiger partial charge in [0.2, 0.25) is 0 Å². The average molecular weight is 295 g/mol. The standard InChI is InChI=1S/C10H7BrN4S/c1-15-10(13-6-14-15)16-9-3-7(5-12)2-8(11)4-9/h2-4,6H,1H3. The zero-order valence-electron chi connectivity index (χ0n) is 8.38. The van der Waals surface area contributed by atoms with Gasteiger partial charge in [-0.25, -0.2) is 9.67 Å². The fourth-order valence-electron chi connectivity index (χ4n) is 1.17. The van der Waals surface area contributed by atoms with Crippen molar-refractivity contribution in [3.05, 3.63) is 34.6 Å². The van der Waals surface area contributed by atoms with E-state index in [-0.39, 0.29) is 0 Å². The summed E-state index contributed by atoms with van der Waals surface area (Å²) in [6, 6.07) is 7.66. The van der Waals surface area contributed by atoms with Gasteiger partial charge in [-0.3, -0.25) is 0 Å². The molecule has 1 heterocycles. The van der Waals surface area contributed by atoms with Crippen LogP contribution in [0.1, 0.15) is 5.56 Å². The highest BCUT2D eigenvalue weighted by molar-refractivity contribution is 9.10. The Bertz CT molecular complexity index is 558. The van der Waals surface area contributed by atoms with Gasteiger partial charge in [0.15, 0.2) is 5.16 Å². The van der Waals surface area contributed by atoms with Crippen molar-refractivity contribution in [1.82, 2.24) is 14.8 Å². The Labute approximate surface area is 105 Å². The summed E-state index contributed by atoms with van der Waals surface area (Å²) in [6.07, 6.45) is 1.51. The van der Waals surface area contributed by atoms with E-state index in [1.807, 2.05) is 19.2 Å². The van der Waals surface area contributed by atoms with Crippen LogP contribution in [0.2, 0.25) is 0 Å². The summed E-state index contributed by atoms with van der Waals surface area (Å²) >= 11 is 4.84. The molecule has 4 nitrogen and oxygen atoms in total. The number of benzene rings is 1. The largest absolute Gasteiger partial charge is 0.244 e. The highest BCUT2D eigenvalue weighted by Gasteiger charge is 2.05. The highest BCUT2D eigenvalue weighted by atomic mass is 79.9. The number of rotatable bonds is 2. The fraction of sp³-hybridized carbons (Fsp3) is 0.100. The molecule has 16 heavy (non-hydrogen) atoms. The van der Waals surface area contributed by atoms with Gasteiger partial charge in [-0.15, -0.1) is 0 Å². The van der Waals surface area contributed by atoms with Crippen molar-refractivity contribution >= 4 is 27.7 Å². The van der Waals surface area contributed by atoms with Gasteiger partial charge in [-0.1, -0.05) is 27.7 Å². The molecule has 0 atom stereocenters. The number of aromatic nitrogens is 3. The molecule has 0 aliphatic carbocycles. The third kappa shape index (κ3) is 2.43. The van der Waals surface area contributed by atoms with Crippen LogP contribution in [-0.2, 0) is 7.05 Å². The van der Waals surface area contributed by atoms with E-state index < -0.39 is 0 Å². The van der Waals surface area contributed by atoms with Crippen LogP contribution in [0.4, 0.5) is 0 Å². The Balaban J connectivity index is 2.32. The van der Waals surface area contributed by atoms with Crippen LogP contribution in [0.5, 0.6) is 0 Å². The molecule has 0 spiro atoms. The van der Waals surface area contributed by atoms with Crippen molar-refractivity contribution in [1.29, 1.82) is 5.26 Å². The molecule has 6 heteroatoms. The second-order valence-corrected chi connectivity index (χ2v) is 5.01. The van der Waals surface area contributed by atoms with E-state index in [1.165, 1.54) is 18.1 Å². The van der Waals surface area contributed by atoms with Crippen molar-refractivity contribution in [2.75, 3.05) is 0 Å². The Morgan fingerprint density at radius 2 is 2.25 bits per heavy atom. The maximum Gasteiger partial charge on any atom is 0.190 e. The predicted octanol–water partition coefficient (Wildman–Crippen LogP) is 2.60. The van der Waals surface area contributed by atoms with Crippen LogP contribution >= 0.6 is 27.7 Å². The molecule has 0 amide bonds. The Morgan fingerprint density at radius 3 is 2.88 bits per heavy atom. The first-order valence-corrected chi connectivity index (χ1v) is 6.02. The molecule has 0 fully saturated rings. The molecule has 0 radical (unpaired) electrons. The maximum absolute atomic E-state index is 8.85. The molecule has 1 aromatic heterocycles. The lowest BCUT2D eigenvalue weighted by Crippen LogP contribution is -1.92. The first-order valence-electron chi connectivity index (χ1n) is 4.41. The van der Waals surface area contributed by atoms with E-state index in [9.17, 15) is 0 Å². The summed E-state index contributed by atoms with van der Waals surface area (Å²) in [4.78, 5) is 5.07. The van der Waals surface area contributed by atoms with E-state index in [0.717, 1.165) is 14.5 Å². The molecule has 0 aliphatic heterocycles. The average Bonchev–Trinajstić information content (AvgIpc) is 2.63. The number of nitriles is 1. The summed E-state index contributed by atoms with van der Waals surface area (Å²) in [7, 11) is 1.83. The van der Waals surface area contributed by atoms with Gasteiger partial charge in [0.25, 0.3) is 0 Å². The summed E-state index contributed by atoms with van der Waals surface area (Å²) in [5.41, 5.74) is 0.624. The number of aryl methyl sites for hydroxylation is 1. The molecule has 0 saturated carbocycles. The third-order valence-corrected chi connectivity index (χ3v) is 3.36. The Kier molecular flexibility index (Phi) is 3.27. The zero-order chi connectivity index (χ0) is 11.5. The van der Waals surface area contributed by atoms with Crippen molar-refractivity contribution < 1.29 is 0 Å². The quantitative estimate of drug-likeness (QED) is 0.854. The van der Waals surface area contributed by atoms with Crippen molar-refractivity contribution in [2.45, 2.75) is 10.1 Å². The van der Waals surface area contributed by atoms with Gasteiger partial charge in [0, 0.05) is 16.4 Å². The Hall–Kier alpha value is -1.32. The monoisotopic (exact) mass is 294 g/mol. The van der Waals surface area contributed by atoms with Crippen molar-refractivity contribution in [3.63, 3.8) is 0 Å². The summed E-state index contributed by atoms with van der Waals surface area (Å²) in [5, 5.41) is 13.6. The van der Waals surface area contributed by atoms with Gasteiger partial charge in [-0.2, -0.15) is 10.4 Å². The van der Waals surface area contributed by atoms with Crippen LogP contribution in [0.15, 0.2) is 39.1 Å². The smallest absolute Gasteiger partial charge is 0.190 e. The van der Waals surface area contributed by atoms with E-state index >= 15 is 0 Å². The molecule has 0 bridgehead atoms. The molecule has 0 aliphatic rings. The van der Waals surface area contributed by atoms with Gasteiger partial charge in [0.05, 0.1) is 11.6 Å². The van der Waals surface area contributed by atoms with E-state index in [0.29, 0.717) is 5.56 Å². The SMILES string of the molecule is Cn1ncnc1Sc1cc(Br)cc(C#N)c1. The summed E-state index contributed by atoms with van der Waals surface area (Å²) < 4.78 is 2.58. The third-order valence-electron chi connectivity index (χ3n) is 1.88. The maximum atomic E-state index is 8.85. The Morgan fingerprint density at radius 1 is 1.44 bits per heavy atom. The van der Waals surface area contributed by atoms with Crippen LogP contribution in [-0.4, -0.2) is 14.8 Å². The first-order chi connectivity index (χ1) is 7.69. The van der Waals surface area contributed by atoms with Crippen LogP contribution < -0.4 is 0 Å². The molecule has 0 unspecified atom stereocenters. The first kappa shape index (κ1) is 11.2. The molecular weight excluding hydrogens is 288 g/mol. The number of hydrogen-bond acceptors (Lipinski definition) is 4. The molecular formula is C10H7BrN4S.